The lowest BCUT2D eigenvalue weighted by molar-refractivity contribution is -0.150. The normalized spacial score (nSPS) is 18.0. The number of aliphatic carboxylic acids is 2. The lowest BCUT2D eigenvalue weighted by Gasteiger charge is -2.27. The Morgan fingerprint density at radius 1 is 1.23 bits per heavy atom. The van der Waals surface area contributed by atoms with Crippen molar-refractivity contribution >= 4 is 34.7 Å². The molecule has 0 saturated carbocycles. The third-order valence-electron chi connectivity index (χ3n) is 5.53. The number of nitrogens with one attached hydrogen (secondary N) is 2. The maximum absolute atomic E-state index is 12.9. The molecule has 1 aromatic carbocycles. The Bertz CT molecular complexity index is 987. The minimum atomic E-state index is -1.16. The molecule has 0 aliphatic carbocycles. The van der Waals surface area contributed by atoms with Crippen LogP contribution in [0, 0.1) is 0 Å². The summed E-state index contributed by atoms with van der Waals surface area (Å²) in [6.45, 7) is 0.247. The van der Waals surface area contributed by atoms with Gasteiger partial charge in [-0.2, -0.15) is 0 Å². The number of amides is 2. The van der Waals surface area contributed by atoms with Crippen molar-refractivity contribution in [3.05, 3.63) is 36.0 Å². The molecule has 6 N–H and O–H groups in total. The summed E-state index contributed by atoms with van der Waals surface area (Å²) >= 11 is 0. The first-order valence-corrected chi connectivity index (χ1v) is 10.1. The van der Waals surface area contributed by atoms with Gasteiger partial charge in [0.05, 0.1) is 6.04 Å². The van der Waals surface area contributed by atoms with Gasteiger partial charge >= 0.3 is 11.9 Å². The van der Waals surface area contributed by atoms with Gasteiger partial charge in [-0.3, -0.25) is 14.4 Å². The quantitative estimate of drug-likeness (QED) is 0.385. The van der Waals surface area contributed by atoms with Crippen molar-refractivity contribution in [2.75, 3.05) is 6.54 Å². The summed E-state index contributed by atoms with van der Waals surface area (Å²) < 4.78 is 0. The van der Waals surface area contributed by atoms with Crippen molar-refractivity contribution in [2.45, 2.75) is 50.2 Å². The van der Waals surface area contributed by atoms with Gasteiger partial charge in [-0.15, -0.1) is 0 Å². The van der Waals surface area contributed by atoms with E-state index in [1.165, 1.54) is 4.90 Å². The number of aromatic nitrogens is 1. The average Bonchev–Trinajstić information content (AvgIpc) is 3.38. The van der Waals surface area contributed by atoms with Crippen LogP contribution in [0.15, 0.2) is 30.5 Å². The molecule has 2 amide bonds. The predicted octanol–water partition coefficient (Wildman–Crippen LogP) is 0.463. The molecule has 2 heterocycles. The summed E-state index contributed by atoms with van der Waals surface area (Å²) in [5.74, 6) is -3.43. The van der Waals surface area contributed by atoms with Gasteiger partial charge in [0.25, 0.3) is 0 Å². The zero-order valence-corrected chi connectivity index (χ0v) is 16.9. The Morgan fingerprint density at radius 2 is 1.97 bits per heavy atom. The van der Waals surface area contributed by atoms with Crippen molar-refractivity contribution in [1.82, 2.24) is 15.2 Å². The second-order valence-electron chi connectivity index (χ2n) is 7.69. The highest BCUT2D eigenvalue weighted by Crippen LogP contribution is 2.21. The van der Waals surface area contributed by atoms with E-state index in [4.69, 9.17) is 10.8 Å². The van der Waals surface area contributed by atoms with E-state index in [2.05, 4.69) is 10.3 Å². The highest BCUT2D eigenvalue weighted by Gasteiger charge is 2.38. The highest BCUT2D eigenvalue weighted by molar-refractivity contribution is 5.93. The summed E-state index contributed by atoms with van der Waals surface area (Å²) in [7, 11) is 0. The maximum atomic E-state index is 12.9. The van der Waals surface area contributed by atoms with Crippen LogP contribution in [0.25, 0.3) is 10.9 Å². The molecule has 1 aliphatic rings. The van der Waals surface area contributed by atoms with Gasteiger partial charge in [0, 0.05) is 30.1 Å². The number of likely N-dealkylation sites (tertiary alicyclic amines) is 1. The number of carboxylic acids is 2. The van der Waals surface area contributed by atoms with Gasteiger partial charge in [-0.1, -0.05) is 18.2 Å². The second-order valence-corrected chi connectivity index (χ2v) is 7.69. The molecule has 1 fully saturated rings. The van der Waals surface area contributed by atoms with Crippen LogP contribution < -0.4 is 11.1 Å². The standard InChI is InChI=1S/C21H26N4O6/c22-14(10-12-11-23-15-5-2-1-4-13(12)15)19(28)24-16(7-8-18(26)27)20(29)25-9-3-6-17(25)21(30)31/h1-2,4-5,11,14,16-17,23H,3,6-10,22H2,(H,24,28)(H,26,27)(H,30,31). The van der Waals surface area contributed by atoms with E-state index in [9.17, 15) is 24.3 Å². The van der Waals surface area contributed by atoms with Gasteiger partial charge in [0.1, 0.15) is 12.1 Å². The molecular formula is C21H26N4O6. The fourth-order valence-electron chi connectivity index (χ4n) is 3.92. The molecule has 3 unspecified atom stereocenters. The molecule has 1 aromatic heterocycles. The van der Waals surface area contributed by atoms with E-state index in [-0.39, 0.29) is 25.8 Å². The largest absolute Gasteiger partial charge is 0.481 e. The van der Waals surface area contributed by atoms with E-state index < -0.39 is 41.9 Å². The number of benzene rings is 1. The number of nitrogens with zero attached hydrogens (tertiary/aromatic N) is 1. The highest BCUT2D eigenvalue weighted by atomic mass is 16.4. The number of fused-ring (bicyclic) bond motifs is 1. The number of aromatic amines is 1. The minimum absolute atomic E-state index is 0.150. The molecule has 2 aromatic rings. The monoisotopic (exact) mass is 430 g/mol. The first-order chi connectivity index (χ1) is 14.8. The smallest absolute Gasteiger partial charge is 0.326 e. The van der Waals surface area contributed by atoms with Crippen molar-refractivity contribution in [3.8, 4) is 0 Å². The zero-order chi connectivity index (χ0) is 22.5. The van der Waals surface area contributed by atoms with Gasteiger partial charge in [0.2, 0.25) is 11.8 Å². The summed E-state index contributed by atoms with van der Waals surface area (Å²) in [5, 5.41) is 21.8. The number of nitrogens with two attached hydrogens (primary N) is 1. The van der Waals surface area contributed by atoms with Crippen molar-refractivity contribution < 1.29 is 29.4 Å². The van der Waals surface area contributed by atoms with Gasteiger partial charge in [-0.25, -0.2) is 4.79 Å². The second kappa shape index (κ2) is 9.61. The average molecular weight is 430 g/mol. The Hall–Kier alpha value is -3.40. The summed E-state index contributed by atoms with van der Waals surface area (Å²) in [6.07, 6.45) is 2.34. The van der Waals surface area contributed by atoms with E-state index >= 15 is 0 Å². The molecule has 10 heteroatoms. The minimum Gasteiger partial charge on any atom is -0.481 e. The molecule has 1 aliphatic heterocycles. The van der Waals surface area contributed by atoms with Crippen LogP contribution in [0.1, 0.15) is 31.2 Å². The number of carboxylic acid groups (broad SMARTS) is 2. The Morgan fingerprint density at radius 3 is 2.68 bits per heavy atom. The van der Waals surface area contributed by atoms with Crippen LogP contribution in [0.5, 0.6) is 0 Å². The maximum Gasteiger partial charge on any atom is 0.326 e. The number of rotatable bonds is 9. The number of carbonyl (C=O) groups is 4. The first kappa shape index (κ1) is 22.3. The molecular weight excluding hydrogens is 404 g/mol. The number of hydrogen-bond donors (Lipinski definition) is 5. The Balaban J connectivity index is 1.70. The molecule has 31 heavy (non-hydrogen) atoms. The van der Waals surface area contributed by atoms with E-state index in [0.29, 0.717) is 12.8 Å². The number of H-pyrrole nitrogens is 1. The molecule has 10 nitrogen and oxygen atoms in total. The van der Waals surface area contributed by atoms with Crippen LogP contribution >= 0.6 is 0 Å². The zero-order valence-electron chi connectivity index (χ0n) is 16.9. The Kier molecular flexibility index (Phi) is 6.91. The molecule has 3 atom stereocenters. The molecule has 1 saturated heterocycles. The van der Waals surface area contributed by atoms with Crippen molar-refractivity contribution in [1.29, 1.82) is 0 Å². The van der Waals surface area contributed by atoms with Crippen molar-refractivity contribution in [2.24, 2.45) is 5.73 Å². The predicted molar refractivity (Wildman–Crippen MR) is 111 cm³/mol. The topological polar surface area (TPSA) is 166 Å². The SMILES string of the molecule is NC(Cc1c[nH]c2ccccc12)C(=O)NC(CCC(=O)O)C(=O)N1CCCC1C(=O)O. The van der Waals surface area contributed by atoms with Gasteiger partial charge in [0.15, 0.2) is 0 Å². The molecule has 0 radical (unpaired) electrons. The third kappa shape index (κ3) is 5.21. The third-order valence-corrected chi connectivity index (χ3v) is 5.53. The summed E-state index contributed by atoms with van der Waals surface area (Å²) in [6, 6.07) is 4.48. The lowest BCUT2D eigenvalue weighted by atomic mass is 10.0. The van der Waals surface area contributed by atoms with Crippen molar-refractivity contribution in [3.63, 3.8) is 0 Å². The number of carbonyl (C=O) groups excluding carboxylic acids is 2. The van der Waals surface area contributed by atoms with Crippen LogP contribution in [0.3, 0.4) is 0 Å². The van der Waals surface area contributed by atoms with Crippen LogP contribution in [0.2, 0.25) is 0 Å². The van der Waals surface area contributed by atoms with E-state index in [1.807, 2.05) is 24.3 Å². The van der Waals surface area contributed by atoms with Gasteiger partial charge < -0.3 is 31.1 Å². The number of hydrogen-bond acceptors (Lipinski definition) is 5. The molecule has 0 spiro atoms. The van der Waals surface area contributed by atoms with Gasteiger partial charge in [-0.05, 0) is 37.3 Å². The Labute approximate surface area is 178 Å². The molecule has 0 bridgehead atoms. The van der Waals surface area contributed by atoms with Crippen LogP contribution in [-0.4, -0.2) is 68.5 Å². The van der Waals surface area contributed by atoms with Crippen LogP contribution in [0.4, 0.5) is 0 Å². The first-order valence-electron chi connectivity index (χ1n) is 10.1. The van der Waals surface area contributed by atoms with E-state index in [0.717, 1.165) is 16.5 Å². The summed E-state index contributed by atoms with van der Waals surface area (Å²) in [5.41, 5.74) is 7.83. The lowest BCUT2D eigenvalue weighted by Crippen LogP contribution is -2.55. The van der Waals surface area contributed by atoms with E-state index in [1.54, 1.807) is 6.20 Å². The van der Waals surface area contributed by atoms with Crippen LogP contribution in [-0.2, 0) is 25.6 Å². The number of para-hydroxylation sites is 1. The summed E-state index contributed by atoms with van der Waals surface area (Å²) in [4.78, 5) is 52.4. The molecule has 166 valence electrons. The molecule has 3 rings (SSSR count). The fourth-order valence-corrected chi connectivity index (χ4v) is 3.92. The fraction of sp³-hybridized carbons (Fsp3) is 0.429.